The average molecular weight is 577 g/mol. The number of nitrogens with two attached hydrogens (primary N) is 1. The zero-order valence-electron chi connectivity index (χ0n) is 22.2. The number of hydrogen-bond donors (Lipinski definition) is 2. The Kier molecular flexibility index (Phi) is 7.77. The number of methoxy groups -OCH3 is 1. The van der Waals surface area contributed by atoms with Gasteiger partial charge in [-0.3, -0.25) is 4.68 Å². The summed E-state index contributed by atoms with van der Waals surface area (Å²) < 4.78 is 60.4. The average Bonchev–Trinajstić information content (AvgIpc) is 3.38. The second kappa shape index (κ2) is 11.4. The van der Waals surface area contributed by atoms with Gasteiger partial charge in [0, 0.05) is 35.6 Å². The summed E-state index contributed by atoms with van der Waals surface area (Å²) in [4.78, 5) is 7.96. The van der Waals surface area contributed by atoms with Crippen LogP contribution in [0.1, 0.15) is 12.5 Å². The molecule has 9 nitrogen and oxygen atoms in total. The predicted octanol–water partition coefficient (Wildman–Crippen LogP) is 5.09. The molecule has 3 N–H and O–H groups in total. The molecule has 0 bridgehead atoms. The van der Waals surface area contributed by atoms with Gasteiger partial charge in [0.15, 0.2) is 5.82 Å². The molecule has 0 aliphatic heterocycles. The number of nitrogens with zero attached hydrogens (tertiary/aromatic N) is 4. The summed E-state index contributed by atoms with van der Waals surface area (Å²) in [5.74, 6) is -0.885. The number of anilines is 1. The summed E-state index contributed by atoms with van der Waals surface area (Å²) >= 11 is 0. The van der Waals surface area contributed by atoms with E-state index in [9.17, 15) is 12.8 Å². The zero-order chi connectivity index (χ0) is 29.1. The summed E-state index contributed by atoms with van der Waals surface area (Å²) in [5, 5.41) is 13.0. The lowest BCUT2D eigenvalue weighted by atomic mass is 9.99. The van der Waals surface area contributed by atoms with E-state index in [-0.39, 0.29) is 11.1 Å². The standard InChI is InChI=1S/C29H26F2N6O3S/c1-3-33-29-34-12-11-25(35-29)24-17-37(16-18-7-9-22(40-2)10-8-18)36-28(24)20-6-4-5-19(13-20)23-14-21(30)15-26(27(23)31)41(32,38)39/h4-15,17H,3,16H2,1-2H3,(H2,32,38,39)(H,33,34,35). The molecule has 0 aliphatic carbocycles. The molecule has 0 radical (unpaired) electrons. The first-order valence-electron chi connectivity index (χ1n) is 12.6. The van der Waals surface area contributed by atoms with Gasteiger partial charge in [-0.1, -0.05) is 30.3 Å². The Hall–Kier alpha value is -4.68. The molecule has 0 unspecified atom stereocenters. The molecule has 2 aromatic heterocycles. The van der Waals surface area contributed by atoms with Crippen LogP contribution in [-0.2, 0) is 16.6 Å². The summed E-state index contributed by atoms with van der Waals surface area (Å²) in [6.45, 7) is 3.01. The van der Waals surface area contributed by atoms with Crippen molar-refractivity contribution in [1.82, 2.24) is 19.7 Å². The highest BCUT2D eigenvalue weighted by molar-refractivity contribution is 7.89. The van der Waals surface area contributed by atoms with E-state index in [0.29, 0.717) is 47.6 Å². The fourth-order valence-electron chi connectivity index (χ4n) is 4.39. The van der Waals surface area contributed by atoms with Crippen molar-refractivity contribution < 1.29 is 21.9 Å². The van der Waals surface area contributed by atoms with Gasteiger partial charge in [0.05, 0.1) is 19.3 Å². The third-order valence-electron chi connectivity index (χ3n) is 6.29. The van der Waals surface area contributed by atoms with Gasteiger partial charge < -0.3 is 10.1 Å². The Morgan fingerprint density at radius 3 is 2.46 bits per heavy atom. The molecular weight excluding hydrogens is 550 g/mol. The fourth-order valence-corrected chi connectivity index (χ4v) is 5.02. The number of hydrogen-bond acceptors (Lipinski definition) is 7. The van der Waals surface area contributed by atoms with E-state index >= 15 is 4.39 Å². The molecule has 12 heteroatoms. The Morgan fingerprint density at radius 2 is 1.76 bits per heavy atom. The Labute approximate surface area is 235 Å². The summed E-state index contributed by atoms with van der Waals surface area (Å²) in [6.07, 6.45) is 3.49. The van der Waals surface area contributed by atoms with Crippen molar-refractivity contribution in [3.8, 4) is 39.4 Å². The smallest absolute Gasteiger partial charge is 0.241 e. The molecule has 0 spiro atoms. The molecule has 5 aromatic rings. The minimum absolute atomic E-state index is 0.244. The van der Waals surface area contributed by atoms with E-state index in [1.165, 1.54) is 0 Å². The van der Waals surface area contributed by atoms with Crippen molar-refractivity contribution in [3.05, 3.63) is 96.3 Å². The second-order valence-corrected chi connectivity index (χ2v) is 10.7. The maximum Gasteiger partial charge on any atom is 0.241 e. The number of benzene rings is 3. The number of nitrogens with one attached hydrogen (secondary N) is 1. The van der Waals surface area contributed by atoms with Crippen LogP contribution in [0.4, 0.5) is 14.7 Å². The van der Waals surface area contributed by atoms with Crippen LogP contribution in [0, 0.1) is 11.6 Å². The first-order chi connectivity index (χ1) is 19.7. The van der Waals surface area contributed by atoms with E-state index in [0.717, 1.165) is 17.4 Å². The van der Waals surface area contributed by atoms with Gasteiger partial charge in [-0.25, -0.2) is 32.3 Å². The SMILES string of the molecule is CCNc1nccc(-c2cn(Cc3ccc(OC)cc3)nc2-c2cccc(-c3cc(F)cc(S(N)(=O)=O)c3F)c2)n1. The quantitative estimate of drug-likeness (QED) is 0.250. The Morgan fingerprint density at radius 1 is 1.00 bits per heavy atom. The van der Waals surface area contributed by atoms with Crippen LogP contribution in [0.5, 0.6) is 5.75 Å². The Balaban J connectivity index is 1.63. The third-order valence-corrected chi connectivity index (χ3v) is 7.20. The number of halogens is 2. The molecule has 0 aliphatic rings. The predicted molar refractivity (Wildman–Crippen MR) is 152 cm³/mol. The van der Waals surface area contributed by atoms with Crippen molar-refractivity contribution >= 4 is 16.0 Å². The number of ether oxygens (including phenoxy) is 1. The maximum atomic E-state index is 15.3. The maximum absolute atomic E-state index is 15.3. The van der Waals surface area contributed by atoms with Crippen molar-refractivity contribution in [1.29, 1.82) is 0 Å². The van der Waals surface area contributed by atoms with Gasteiger partial charge in [0.2, 0.25) is 16.0 Å². The highest BCUT2D eigenvalue weighted by Crippen LogP contribution is 2.35. The van der Waals surface area contributed by atoms with Crippen LogP contribution in [0.3, 0.4) is 0 Å². The molecule has 0 saturated carbocycles. The summed E-state index contributed by atoms with van der Waals surface area (Å²) in [7, 11) is -2.89. The van der Waals surface area contributed by atoms with Crippen LogP contribution in [0.15, 0.2) is 84.0 Å². The molecule has 2 heterocycles. The van der Waals surface area contributed by atoms with E-state index in [1.807, 2.05) is 37.4 Å². The molecule has 41 heavy (non-hydrogen) atoms. The molecule has 0 atom stereocenters. The number of primary sulfonamides is 1. The molecule has 0 fully saturated rings. The van der Waals surface area contributed by atoms with Gasteiger partial charge >= 0.3 is 0 Å². The van der Waals surface area contributed by atoms with Gasteiger partial charge in [-0.05, 0) is 54.4 Å². The first kappa shape index (κ1) is 27.9. The van der Waals surface area contributed by atoms with Gasteiger partial charge in [-0.2, -0.15) is 5.10 Å². The minimum Gasteiger partial charge on any atom is -0.497 e. The molecule has 210 valence electrons. The van der Waals surface area contributed by atoms with Crippen molar-refractivity contribution in [2.24, 2.45) is 5.14 Å². The summed E-state index contributed by atoms with van der Waals surface area (Å²) in [6, 6.07) is 17.4. The molecule has 5 rings (SSSR count). The van der Waals surface area contributed by atoms with E-state index < -0.39 is 26.6 Å². The fraction of sp³-hybridized carbons (Fsp3) is 0.138. The second-order valence-electron chi connectivity index (χ2n) is 9.12. The van der Waals surface area contributed by atoms with Crippen LogP contribution < -0.4 is 15.2 Å². The Bertz CT molecular complexity index is 1830. The lowest BCUT2D eigenvalue weighted by Crippen LogP contribution is -2.15. The lowest BCUT2D eigenvalue weighted by molar-refractivity contribution is 0.414. The normalized spacial score (nSPS) is 11.4. The van der Waals surface area contributed by atoms with Crippen molar-refractivity contribution in [3.63, 3.8) is 0 Å². The highest BCUT2D eigenvalue weighted by Gasteiger charge is 2.22. The van der Waals surface area contributed by atoms with Gasteiger partial charge in [0.1, 0.15) is 22.2 Å². The minimum atomic E-state index is -4.49. The van der Waals surface area contributed by atoms with Crippen LogP contribution in [-0.4, -0.2) is 41.8 Å². The van der Waals surface area contributed by atoms with Gasteiger partial charge in [-0.15, -0.1) is 0 Å². The molecule has 3 aromatic carbocycles. The van der Waals surface area contributed by atoms with E-state index in [4.69, 9.17) is 15.0 Å². The van der Waals surface area contributed by atoms with Crippen LogP contribution >= 0.6 is 0 Å². The third kappa shape index (κ3) is 6.08. The summed E-state index contributed by atoms with van der Waals surface area (Å²) in [5.41, 5.74) is 3.38. The van der Waals surface area contributed by atoms with Gasteiger partial charge in [0.25, 0.3) is 0 Å². The first-order valence-corrected chi connectivity index (χ1v) is 14.1. The monoisotopic (exact) mass is 576 g/mol. The molecule has 0 saturated heterocycles. The highest BCUT2D eigenvalue weighted by atomic mass is 32.2. The molecular formula is C29H26F2N6O3S. The zero-order valence-corrected chi connectivity index (χ0v) is 23.0. The number of aromatic nitrogens is 4. The largest absolute Gasteiger partial charge is 0.497 e. The molecule has 0 amide bonds. The van der Waals surface area contributed by atoms with E-state index in [2.05, 4.69) is 15.3 Å². The number of rotatable bonds is 9. The van der Waals surface area contributed by atoms with E-state index in [1.54, 1.807) is 48.3 Å². The topological polar surface area (TPSA) is 125 Å². The van der Waals surface area contributed by atoms with Crippen molar-refractivity contribution in [2.45, 2.75) is 18.4 Å². The van der Waals surface area contributed by atoms with Crippen LogP contribution in [0.2, 0.25) is 0 Å². The number of sulfonamides is 1. The van der Waals surface area contributed by atoms with Crippen LogP contribution in [0.25, 0.3) is 33.6 Å². The lowest BCUT2D eigenvalue weighted by Gasteiger charge is -2.10. The van der Waals surface area contributed by atoms with Crippen molar-refractivity contribution in [2.75, 3.05) is 19.0 Å².